The molecule has 0 unspecified atom stereocenters. The lowest BCUT2D eigenvalue weighted by molar-refractivity contribution is -0.142. The van der Waals surface area contributed by atoms with Crippen molar-refractivity contribution in [3.8, 4) is 0 Å². The van der Waals surface area contributed by atoms with E-state index in [4.69, 9.17) is 11.6 Å². The summed E-state index contributed by atoms with van der Waals surface area (Å²) in [6.07, 6.45) is -2.13. The molecule has 0 radical (unpaired) electrons. The molecule has 0 saturated heterocycles. The number of hydrogen-bond acceptors (Lipinski definition) is 2. The molecule has 0 atom stereocenters. The van der Waals surface area contributed by atoms with Gasteiger partial charge in [-0.25, -0.2) is 0 Å². The van der Waals surface area contributed by atoms with E-state index in [9.17, 15) is 18.0 Å². The molecule has 1 aromatic heterocycles. The number of carbonyl (C=O) groups excluding carboxylic acids is 1. The van der Waals surface area contributed by atoms with E-state index in [1.807, 2.05) is 0 Å². The van der Waals surface area contributed by atoms with Crippen LogP contribution in [0.3, 0.4) is 0 Å². The fourth-order valence-corrected chi connectivity index (χ4v) is 1.76. The fraction of sp³-hybridized carbons (Fsp3) is 0.167. The quantitative estimate of drug-likeness (QED) is 0.945. The molecule has 8 heteroatoms. The summed E-state index contributed by atoms with van der Waals surface area (Å²) >= 11 is 5.85. The lowest BCUT2D eigenvalue weighted by atomic mass is 10.2. The van der Waals surface area contributed by atoms with Gasteiger partial charge in [-0.15, -0.1) is 0 Å². The average Bonchev–Trinajstić information content (AvgIpc) is 2.74. The minimum Gasteiger partial charge on any atom is -0.319 e. The molecule has 0 fully saturated rings. The van der Waals surface area contributed by atoms with E-state index in [1.165, 1.54) is 6.07 Å². The number of rotatable bonds is 3. The van der Waals surface area contributed by atoms with Crippen molar-refractivity contribution in [1.82, 2.24) is 9.78 Å². The Bertz CT molecular complexity index is 624. The largest absolute Gasteiger partial charge is 0.408 e. The van der Waals surface area contributed by atoms with E-state index < -0.39 is 18.6 Å². The van der Waals surface area contributed by atoms with Crippen LogP contribution in [0.25, 0.3) is 0 Å². The molecule has 1 N–H and O–H groups in total. The molecular weight excluding hydrogens is 295 g/mol. The number of nitrogens with one attached hydrogen (secondary N) is 1. The molecule has 0 bridgehead atoms. The van der Waals surface area contributed by atoms with Gasteiger partial charge in [0.2, 0.25) is 0 Å². The van der Waals surface area contributed by atoms with Crippen molar-refractivity contribution in [2.75, 3.05) is 5.32 Å². The highest BCUT2D eigenvalue weighted by atomic mass is 35.5. The molecular formula is C12H9ClF3N3O. The fourth-order valence-electron chi connectivity index (χ4n) is 1.54. The van der Waals surface area contributed by atoms with Gasteiger partial charge in [-0.2, -0.15) is 18.3 Å². The second-order valence-electron chi connectivity index (χ2n) is 3.98. The van der Waals surface area contributed by atoms with E-state index >= 15 is 0 Å². The standard InChI is InChI=1S/C12H9ClF3N3O/c13-10-4-2-1-3-9(10)11(20)18-8-5-17-19(6-8)7-12(14,15)16/h1-6H,7H2,(H,18,20). The second-order valence-corrected chi connectivity index (χ2v) is 4.38. The molecule has 1 heterocycles. The van der Waals surface area contributed by atoms with Gasteiger partial charge in [-0.1, -0.05) is 23.7 Å². The molecule has 106 valence electrons. The van der Waals surface area contributed by atoms with Crippen molar-refractivity contribution in [2.45, 2.75) is 12.7 Å². The van der Waals surface area contributed by atoms with Crippen LogP contribution in [0.5, 0.6) is 0 Å². The van der Waals surface area contributed by atoms with E-state index in [0.29, 0.717) is 4.68 Å². The second kappa shape index (κ2) is 5.54. The monoisotopic (exact) mass is 303 g/mol. The van der Waals surface area contributed by atoms with Crippen molar-refractivity contribution >= 4 is 23.2 Å². The third-order valence-corrected chi connectivity index (χ3v) is 2.68. The number of nitrogens with zero attached hydrogens (tertiary/aromatic N) is 2. The zero-order chi connectivity index (χ0) is 14.8. The van der Waals surface area contributed by atoms with Gasteiger partial charge in [0.05, 0.1) is 22.5 Å². The number of hydrogen-bond donors (Lipinski definition) is 1. The molecule has 2 rings (SSSR count). The van der Waals surface area contributed by atoms with Gasteiger partial charge in [-0.05, 0) is 12.1 Å². The van der Waals surface area contributed by atoms with E-state index in [2.05, 4.69) is 10.4 Å². The molecule has 20 heavy (non-hydrogen) atoms. The van der Waals surface area contributed by atoms with Crippen LogP contribution in [0.2, 0.25) is 5.02 Å². The van der Waals surface area contributed by atoms with Crippen LogP contribution in [0.4, 0.5) is 18.9 Å². The summed E-state index contributed by atoms with van der Waals surface area (Å²) in [7, 11) is 0. The van der Waals surface area contributed by atoms with Crippen LogP contribution in [0.15, 0.2) is 36.7 Å². The van der Waals surface area contributed by atoms with Gasteiger partial charge < -0.3 is 5.32 Å². The zero-order valence-electron chi connectivity index (χ0n) is 9.99. The van der Waals surface area contributed by atoms with Crippen LogP contribution >= 0.6 is 11.6 Å². The highest BCUT2D eigenvalue weighted by Gasteiger charge is 2.28. The normalized spacial score (nSPS) is 11.4. The predicted octanol–water partition coefficient (Wildman–Crippen LogP) is 3.35. The molecule has 1 amide bonds. The van der Waals surface area contributed by atoms with Crippen LogP contribution in [0, 0.1) is 0 Å². The number of aromatic nitrogens is 2. The third-order valence-electron chi connectivity index (χ3n) is 2.35. The first-order chi connectivity index (χ1) is 9.35. The molecule has 0 aliphatic rings. The molecule has 0 aliphatic heterocycles. The lowest BCUT2D eigenvalue weighted by Gasteiger charge is -2.05. The predicted molar refractivity (Wildman–Crippen MR) is 67.7 cm³/mol. The van der Waals surface area contributed by atoms with Crippen molar-refractivity contribution in [3.63, 3.8) is 0 Å². The molecule has 2 aromatic rings. The zero-order valence-corrected chi connectivity index (χ0v) is 10.7. The Kier molecular flexibility index (Phi) is 3.99. The van der Waals surface area contributed by atoms with Crippen LogP contribution in [0.1, 0.15) is 10.4 Å². The summed E-state index contributed by atoms with van der Waals surface area (Å²) in [6, 6.07) is 6.36. The van der Waals surface area contributed by atoms with E-state index in [-0.39, 0.29) is 16.3 Å². The van der Waals surface area contributed by atoms with Crippen molar-refractivity contribution in [1.29, 1.82) is 0 Å². The summed E-state index contributed by atoms with van der Waals surface area (Å²) in [5.41, 5.74) is 0.400. The number of alkyl halides is 3. The first-order valence-electron chi connectivity index (χ1n) is 5.50. The molecule has 0 saturated carbocycles. The van der Waals surface area contributed by atoms with Gasteiger partial charge in [0, 0.05) is 6.20 Å². The molecule has 0 spiro atoms. The summed E-state index contributed by atoms with van der Waals surface area (Å²) in [6.45, 7) is -1.21. The highest BCUT2D eigenvalue weighted by Crippen LogP contribution is 2.19. The summed E-state index contributed by atoms with van der Waals surface area (Å²) in [5, 5.41) is 6.21. The first-order valence-corrected chi connectivity index (χ1v) is 5.88. The Hall–Kier alpha value is -2.02. The number of carbonyl (C=O) groups is 1. The van der Waals surface area contributed by atoms with Gasteiger partial charge in [0.25, 0.3) is 5.91 Å². The maximum Gasteiger partial charge on any atom is 0.408 e. The highest BCUT2D eigenvalue weighted by molar-refractivity contribution is 6.34. The molecule has 0 aliphatic carbocycles. The smallest absolute Gasteiger partial charge is 0.319 e. The minimum absolute atomic E-state index is 0.166. The van der Waals surface area contributed by atoms with Gasteiger partial charge >= 0.3 is 6.18 Å². The molecule has 1 aromatic carbocycles. The summed E-state index contributed by atoms with van der Waals surface area (Å²) < 4.78 is 37.2. The van der Waals surface area contributed by atoms with Crippen molar-refractivity contribution in [3.05, 3.63) is 47.2 Å². The van der Waals surface area contributed by atoms with Gasteiger partial charge in [0.15, 0.2) is 0 Å². The van der Waals surface area contributed by atoms with E-state index in [1.54, 1.807) is 18.2 Å². The number of anilines is 1. The van der Waals surface area contributed by atoms with Crippen LogP contribution in [-0.4, -0.2) is 21.9 Å². The van der Waals surface area contributed by atoms with Crippen LogP contribution in [-0.2, 0) is 6.54 Å². The Morgan fingerprint density at radius 3 is 2.70 bits per heavy atom. The van der Waals surface area contributed by atoms with Crippen molar-refractivity contribution < 1.29 is 18.0 Å². The Labute approximate surface area is 117 Å². The average molecular weight is 304 g/mol. The lowest BCUT2D eigenvalue weighted by Crippen LogP contribution is -2.18. The summed E-state index contributed by atoms with van der Waals surface area (Å²) in [4.78, 5) is 11.9. The number of amides is 1. The SMILES string of the molecule is O=C(Nc1cnn(CC(F)(F)F)c1)c1ccccc1Cl. The maximum atomic E-state index is 12.2. The Balaban J connectivity index is 2.08. The molecule has 4 nitrogen and oxygen atoms in total. The Morgan fingerprint density at radius 2 is 2.05 bits per heavy atom. The summed E-state index contributed by atoms with van der Waals surface area (Å²) in [5.74, 6) is -0.512. The van der Waals surface area contributed by atoms with Crippen LogP contribution < -0.4 is 5.32 Å². The van der Waals surface area contributed by atoms with E-state index in [0.717, 1.165) is 12.4 Å². The van der Waals surface area contributed by atoms with Gasteiger partial charge in [-0.3, -0.25) is 9.48 Å². The number of benzene rings is 1. The van der Waals surface area contributed by atoms with Gasteiger partial charge in [0.1, 0.15) is 6.54 Å². The minimum atomic E-state index is -4.37. The third kappa shape index (κ3) is 3.74. The number of halogens is 4. The maximum absolute atomic E-state index is 12.2. The Morgan fingerprint density at radius 1 is 1.35 bits per heavy atom. The van der Waals surface area contributed by atoms with Crippen molar-refractivity contribution in [2.24, 2.45) is 0 Å². The first kappa shape index (κ1) is 14.4. The topological polar surface area (TPSA) is 46.9 Å².